The Morgan fingerprint density at radius 3 is 2.30 bits per heavy atom. The Morgan fingerprint density at radius 1 is 1.04 bits per heavy atom. The number of nitrogens with zero attached hydrogens (tertiary/aromatic N) is 1. The summed E-state index contributed by atoms with van der Waals surface area (Å²) in [6, 6.07) is 15.9. The molecule has 0 fully saturated rings. The molecule has 0 aliphatic carbocycles. The van der Waals surface area contributed by atoms with Crippen molar-refractivity contribution in [1.29, 1.82) is 5.26 Å². The number of benzene rings is 2. The highest BCUT2D eigenvalue weighted by Gasteiger charge is 2.13. The smallest absolute Gasteiger partial charge is 0.319 e. The van der Waals surface area contributed by atoms with E-state index in [0.29, 0.717) is 11.3 Å². The number of sulfone groups is 1. The van der Waals surface area contributed by atoms with E-state index in [-0.39, 0.29) is 17.2 Å². The Labute approximate surface area is 134 Å². The molecule has 2 N–H and O–H groups in total. The third kappa shape index (κ3) is 4.83. The summed E-state index contributed by atoms with van der Waals surface area (Å²) in [7, 11) is -3.42. The van der Waals surface area contributed by atoms with E-state index < -0.39 is 15.9 Å². The van der Waals surface area contributed by atoms with Crippen LogP contribution in [0.5, 0.6) is 0 Å². The number of nitrogens with one attached hydrogen (secondary N) is 2. The monoisotopic (exact) mass is 329 g/mol. The van der Waals surface area contributed by atoms with Gasteiger partial charge in [0.15, 0.2) is 9.84 Å². The molecular formula is C16H15N3O3S. The second kappa shape index (κ2) is 7.42. The van der Waals surface area contributed by atoms with Crippen LogP contribution in [0.4, 0.5) is 10.5 Å². The molecule has 0 aromatic heterocycles. The van der Waals surface area contributed by atoms with E-state index in [1.807, 2.05) is 6.07 Å². The van der Waals surface area contributed by atoms with Crippen molar-refractivity contribution in [3.05, 3.63) is 60.2 Å². The maximum atomic E-state index is 12.0. The number of amides is 2. The van der Waals surface area contributed by atoms with Gasteiger partial charge in [0.05, 0.1) is 22.3 Å². The Balaban J connectivity index is 1.84. The number of rotatable bonds is 5. The highest BCUT2D eigenvalue weighted by atomic mass is 32.2. The van der Waals surface area contributed by atoms with Crippen molar-refractivity contribution < 1.29 is 13.2 Å². The summed E-state index contributed by atoms with van der Waals surface area (Å²) in [5.74, 6) is -0.183. The average molecular weight is 329 g/mol. The first-order chi connectivity index (χ1) is 11.0. The van der Waals surface area contributed by atoms with Crippen molar-refractivity contribution in [3.63, 3.8) is 0 Å². The van der Waals surface area contributed by atoms with Gasteiger partial charge in [-0.05, 0) is 36.4 Å². The van der Waals surface area contributed by atoms with Crippen LogP contribution in [0.3, 0.4) is 0 Å². The van der Waals surface area contributed by atoms with Crippen LogP contribution < -0.4 is 10.6 Å². The fourth-order valence-electron chi connectivity index (χ4n) is 1.85. The van der Waals surface area contributed by atoms with Gasteiger partial charge in [-0.25, -0.2) is 13.2 Å². The third-order valence-corrected chi connectivity index (χ3v) is 4.76. The summed E-state index contributed by atoms with van der Waals surface area (Å²) >= 11 is 0. The van der Waals surface area contributed by atoms with Crippen LogP contribution in [-0.2, 0) is 9.84 Å². The molecule has 2 rings (SSSR count). The number of nitriles is 1. The summed E-state index contributed by atoms with van der Waals surface area (Å²) in [4.78, 5) is 11.9. The first kappa shape index (κ1) is 16.5. The zero-order valence-corrected chi connectivity index (χ0v) is 13.0. The van der Waals surface area contributed by atoms with E-state index >= 15 is 0 Å². The minimum absolute atomic E-state index is 0.000655. The quantitative estimate of drug-likeness (QED) is 0.878. The molecule has 0 aliphatic rings. The van der Waals surface area contributed by atoms with Crippen LogP contribution in [0.2, 0.25) is 0 Å². The number of anilines is 1. The SMILES string of the molecule is N#Cc1ccc(NC(=O)NCCS(=O)(=O)c2ccccc2)cc1. The summed E-state index contributed by atoms with van der Waals surface area (Å²) in [5.41, 5.74) is 1.01. The highest BCUT2D eigenvalue weighted by molar-refractivity contribution is 7.91. The van der Waals surface area contributed by atoms with Gasteiger partial charge in [0.2, 0.25) is 0 Å². The molecule has 0 atom stereocenters. The van der Waals surface area contributed by atoms with Crippen LogP contribution in [-0.4, -0.2) is 26.7 Å². The molecule has 2 aromatic carbocycles. The van der Waals surface area contributed by atoms with Gasteiger partial charge in [0.1, 0.15) is 0 Å². The lowest BCUT2D eigenvalue weighted by molar-refractivity contribution is 0.252. The lowest BCUT2D eigenvalue weighted by Gasteiger charge is -2.08. The normalized spacial score (nSPS) is 10.6. The maximum absolute atomic E-state index is 12.0. The first-order valence-corrected chi connectivity index (χ1v) is 8.49. The molecule has 0 heterocycles. The fourth-order valence-corrected chi connectivity index (χ4v) is 3.03. The Bertz CT molecular complexity index is 810. The third-order valence-electron chi connectivity index (χ3n) is 3.03. The number of hydrogen-bond donors (Lipinski definition) is 2. The second-order valence-electron chi connectivity index (χ2n) is 4.70. The highest BCUT2D eigenvalue weighted by Crippen LogP contribution is 2.10. The maximum Gasteiger partial charge on any atom is 0.319 e. The number of carbonyl (C=O) groups is 1. The summed E-state index contributed by atoms with van der Waals surface area (Å²) in [6.07, 6.45) is 0. The Morgan fingerprint density at radius 2 is 1.70 bits per heavy atom. The molecule has 2 aromatic rings. The van der Waals surface area contributed by atoms with E-state index in [9.17, 15) is 13.2 Å². The summed E-state index contributed by atoms with van der Waals surface area (Å²) in [5, 5.41) is 13.7. The molecule has 0 aliphatic heterocycles. The lowest BCUT2D eigenvalue weighted by Crippen LogP contribution is -2.32. The van der Waals surface area contributed by atoms with Gasteiger partial charge in [-0.2, -0.15) is 5.26 Å². The molecule has 2 amide bonds. The van der Waals surface area contributed by atoms with E-state index in [2.05, 4.69) is 10.6 Å². The van der Waals surface area contributed by atoms with Crippen molar-refractivity contribution in [2.24, 2.45) is 0 Å². The van der Waals surface area contributed by atoms with Crippen LogP contribution in [0.25, 0.3) is 0 Å². The van der Waals surface area contributed by atoms with Gasteiger partial charge in [0.25, 0.3) is 0 Å². The zero-order chi connectivity index (χ0) is 16.7. The van der Waals surface area contributed by atoms with Crippen LogP contribution in [0.15, 0.2) is 59.5 Å². The number of urea groups is 1. The van der Waals surface area contributed by atoms with Gasteiger partial charge in [-0.1, -0.05) is 18.2 Å². The van der Waals surface area contributed by atoms with E-state index in [0.717, 1.165) is 0 Å². The van der Waals surface area contributed by atoms with Crippen molar-refractivity contribution in [2.45, 2.75) is 4.90 Å². The second-order valence-corrected chi connectivity index (χ2v) is 6.81. The predicted octanol–water partition coefficient (Wildman–Crippen LogP) is 2.15. The minimum Gasteiger partial charge on any atom is -0.337 e. The molecule has 118 valence electrons. The average Bonchev–Trinajstić information content (AvgIpc) is 2.56. The molecule has 7 heteroatoms. The molecule has 0 saturated heterocycles. The largest absolute Gasteiger partial charge is 0.337 e. The van der Waals surface area contributed by atoms with Gasteiger partial charge in [-0.15, -0.1) is 0 Å². The molecule has 23 heavy (non-hydrogen) atoms. The topological polar surface area (TPSA) is 99.1 Å². The fraction of sp³-hybridized carbons (Fsp3) is 0.125. The first-order valence-electron chi connectivity index (χ1n) is 6.84. The van der Waals surface area contributed by atoms with Crippen LogP contribution in [0, 0.1) is 11.3 Å². The van der Waals surface area contributed by atoms with Gasteiger partial charge >= 0.3 is 6.03 Å². The van der Waals surface area contributed by atoms with Gasteiger partial charge in [-0.3, -0.25) is 0 Å². The molecule has 6 nitrogen and oxygen atoms in total. The molecular weight excluding hydrogens is 314 g/mol. The summed E-state index contributed by atoms with van der Waals surface area (Å²) < 4.78 is 24.1. The lowest BCUT2D eigenvalue weighted by atomic mass is 10.2. The van der Waals surface area contributed by atoms with Crippen molar-refractivity contribution in [1.82, 2.24) is 5.32 Å². The predicted molar refractivity (Wildman–Crippen MR) is 86.7 cm³/mol. The zero-order valence-electron chi connectivity index (χ0n) is 12.2. The van der Waals surface area contributed by atoms with Crippen LogP contribution >= 0.6 is 0 Å². The van der Waals surface area contributed by atoms with Gasteiger partial charge < -0.3 is 10.6 Å². The number of hydrogen-bond acceptors (Lipinski definition) is 4. The molecule has 0 spiro atoms. The van der Waals surface area contributed by atoms with Crippen molar-refractivity contribution in [3.8, 4) is 6.07 Å². The number of carbonyl (C=O) groups excluding carboxylic acids is 1. The van der Waals surface area contributed by atoms with E-state index in [1.54, 1.807) is 42.5 Å². The van der Waals surface area contributed by atoms with Gasteiger partial charge in [0, 0.05) is 12.2 Å². The minimum atomic E-state index is -3.42. The van der Waals surface area contributed by atoms with Crippen molar-refractivity contribution >= 4 is 21.6 Å². The Hall–Kier alpha value is -2.85. The standard InChI is InChI=1S/C16H15N3O3S/c17-12-13-6-8-14(9-7-13)19-16(20)18-10-11-23(21,22)15-4-2-1-3-5-15/h1-9H,10-11H2,(H2,18,19,20). The summed E-state index contributed by atoms with van der Waals surface area (Å²) in [6.45, 7) is -0.000655. The van der Waals surface area contributed by atoms with Crippen molar-refractivity contribution in [2.75, 3.05) is 17.6 Å². The molecule has 0 unspecified atom stereocenters. The molecule has 0 bridgehead atoms. The van der Waals surface area contributed by atoms with Crippen LogP contribution in [0.1, 0.15) is 5.56 Å². The molecule has 0 radical (unpaired) electrons. The van der Waals surface area contributed by atoms with E-state index in [1.165, 1.54) is 12.1 Å². The molecule has 0 saturated carbocycles. The van der Waals surface area contributed by atoms with E-state index in [4.69, 9.17) is 5.26 Å². The Kier molecular flexibility index (Phi) is 5.33.